The lowest BCUT2D eigenvalue weighted by atomic mass is 9.76. The molecule has 0 unspecified atom stereocenters. The number of benzene rings is 1. The van der Waals surface area contributed by atoms with E-state index in [1.165, 1.54) is 48.8 Å². The number of hydrogen-bond acceptors (Lipinski definition) is 0. The summed E-state index contributed by atoms with van der Waals surface area (Å²) in [5, 5.41) is 0. The Kier molecular flexibility index (Phi) is 4.63. The van der Waals surface area contributed by atoms with Crippen molar-refractivity contribution >= 4 is 5.57 Å². The van der Waals surface area contributed by atoms with E-state index in [1.807, 2.05) is 0 Å². The SMILES string of the molecule is C=C(c1cccc(CC)c1)C1CCC(CC)CC1. The first-order chi connectivity index (χ1) is 8.74. The average molecular weight is 242 g/mol. The van der Waals surface area contributed by atoms with E-state index in [2.05, 4.69) is 44.7 Å². The van der Waals surface area contributed by atoms with Gasteiger partial charge in [-0.15, -0.1) is 0 Å². The Bertz CT molecular complexity index is 394. The van der Waals surface area contributed by atoms with Gasteiger partial charge < -0.3 is 0 Å². The van der Waals surface area contributed by atoms with Gasteiger partial charge in [0.1, 0.15) is 0 Å². The molecule has 1 aliphatic rings. The van der Waals surface area contributed by atoms with Gasteiger partial charge in [0.15, 0.2) is 0 Å². The zero-order valence-corrected chi connectivity index (χ0v) is 11.9. The number of allylic oxidation sites excluding steroid dienone is 1. The van der Waals surface area contributed by atoms with E-state index in [-0.39, 0.29) is 0 Å². The smallest absolute Gasteiger partial charge is 0.0162 e. The van der Waals surface area contributed by atoms with Crippen LogP contribution >= 0.6 is 0 Å². The molecule has 0 nitrogen and oxygen atoms in total. The number of aryl methyl sites for hydroxylation is 1. The van der Waals surface area contributed by atoms with Crippen molar-refractivity contribution in [3.05, 3.63) is 42.0 Å². The van der Waals surface area contributed by atoms with Crippen LogP contribution in [-0.4, -0.2) is 0 Å². The lowest BCUT2D eigenvalue weighted by Gasteiger charge is -2.29. The van der Waals surface area contributed by atoms with Crippen LogP contribution in [0.15, 0.2) is 30.8 Å². The molecule has 2 rings (SSSR count). The maximum atomic E-state index is 4.37. The highest BCUT2D eigenvalue weighted by Gasteiger charge is 2.22. The first-order valence-corrected chi connectivity index (χ1v) is 7.52. The minimum absolute atomic E-state index is 0.722. The van der Waals surface area contributed by atoms with Crippen molar-refractivity contribution in [2.75, 3.05) is 0 Å². The molecule has 0 aromatic heterocycles. The topological polar surface area (TPSA) is 0 Å². The van der Waals surface area contributed by atoms with Crippen molar-refractivity contribution in [1.29, 1.82) is 0 Å². The fourth-order valence-corrected chi connectivity index (χ4v) is 3.15. The summed E-state index contributed by atoms with van der Waals surface area (Å²) in [6.07, 6.45) is 7.94. The molecule has 0 spiro atoms. The Labute approximate surface area is 112 Å². The summed E-state index contributed by atoms with van der Waals surface area (Å²) in [4.78, 5) is 0. The van der Waals surface area contributed by atoms with Crippen LogP contribution in [0.1, 0.15) is 57.1 Å². The zero-order chi connectivity index (χ0) is 13.0. The highest BCUT2D eigenvalue weighted by Crippen LogP contribution is 2.37. The molecule has 1 saturated carbocycles. The third-order valence-electron chi connectivity index (χ3n) is 4.62. The van der Waals surface area contributed by atoms with Crippen molar-refractivity contribution in [2.45, 2.75) is 52.4 Å². The molecule has 0 bridgehead atoms. The van der Waals surface area contributed by atoms with Crippen LogP contribution in [0.2, 0.25) is 0 Å². The summed E-state index contributed by atoms with van der Waals surface area (Å²) >= 11 is 0. The van der Waals surface area contributed by atoms with E-state index in [9.17, 15) is 0 Å². The molecule has 0 amide bonds. The van der Waals surface area contributed by atoms with E-state index >= 15 is 0 Å². The van der Waals surface area contributed by atoms with Gasteiger partial charge in [0.05, 0.1) is 0 Å². The molecule has 1 fully saturated rings. The van der Waals surface area contributed by atoms with Gasteiger partial charge in [-0.1, -0.05) is 51.1 Å². The van der Waals surface area contributed by atoms with E-state index in [4.69, 9.17) is 0 Å². The summed E-state index contributed by atoms with van der Waals surface area (Å²) in [5.41, 5.74) is 4.17. The van der Waals surface area contributed by atoms with Gasteiger partial charge in [-0.05, 0) is 60.6 Å². The van der Waals surface area contributed by atoms with Crippen LogP contribution in [-0.2, 0) is 6.42 Å². The maximum Gasteiger partial charge on any atom is -0.0162 e. The highest BCUT2D eigenvalue weighted by atomic mass is 14.3. The minimum atomic E-state index is 0.722. The zero-order valence-electron chi connectivity index (χ0n) is 11.9. The Morgan fingerprint density at radius 1 is 1.17 bits per heavy atom. The van der Waals surface area contributed by atoms with Crippen LogP contribution in [0.3, 0.4) is 0 Å². The number of rotatable bonds is 4. The maximum absolute atomic E-state index is 4.37. The molecule has 1 aromatic rings. The van der Waals surface area contributed by atoms with E-state index in [1.54, 1.807) is 0 Å². The predicted octanol–water partition coefficient (Wildman–Crippen LogP) is 5.48. The summed E-state index contributed by atoms with van der Waals surface area (Å²) in [7, 11) is 0. The Hall–Kier alpha value is -1.04. The summed E-state index contributed by atoms with van der Waals surface area (Å²) in [6.45, 7) is 8.92. The number of hydrogen-bond donors (Lipinski definition) is 0. The minimum Gasteiger partial charge on any atom is -0.0950 e. The quantitative estimate of drug-likeness (QED) is 0.656. The molecule has 0 saturated heterocycles. The van der Waals surface area contributed by atoms with Gasteiger partial charge in [0, 0.05) is 0 Å². The second-order valence-electron chi connectivity index (χ2n) is 5.71. The van der Waals surface area contributed by atoms with Crippen LogP contribution in [0.25, 0.3) is 5.57 Å². The standard InChI is InChI=1S/C18H26/c1-4-15-9-11-17(12-10-15)14(3)18-8-6-7-16(5-2)13-18/h6-8,13,15,17H,3-5,9-12H2,1-2H3. The largest absolute Gasteiger partial charge is 0.0950 e. The fraction of sp³-hybridized carbons (Fsp3) is 0.556. The first kappa shape index (κ1) is 13.4. The molecule has 0 radical (unpaired) electrons. The second-order valence-corrected chi connectivity index (χ2v) is 5.71. The second kappa shape index (κ2) is 6.22. The normalized spacial score (nSPS) is 23.9. The van der Waals surface area contributed by atoms with Crippen molar-refractivity contribution in [3.63, 3.8) is 0 Å². The predicted molar refractivity (Wildman–Crippen MR) is 80.6 cm³/mol. The fourth-order valence-electron chi connectivity index (χ4n) is 3.15. The molecule has 0 aliphatic heterocycles. The molecular weight excluding hydrogens is 216 g/mol. The molecule has 0 heteroatoms. The van der Waals surface area contributed by atoms with Gasteiger partial charge in [-0.25, -0.2) is 0 Å². The first-order valence-electron chi connectivity index (χ1n) is 7.52. The van der Waals surface area contributed by atoms with Crippen molar-refractivity contribution in [3.8, 4) is 0 Å². The molecule has 98 valence electrons. The monoisotopic (exact) mass is 242 g/mol. The van der Waals surface area contributed by atoms with E-state index in [0.29, 0.717) is 0 Å². The molecule has 1 aromatic carbocycles. The van der Waals surface area contributed by atoms with Crippen LogP contribution in [0.4, 0.5) is 0 Å². The van der Waals surface area contributed by atoms with Crippen LogP contribution < -0.4 is 0 Å². The van der Waals surface area contributed by atoms with Gasteiger partial charge in [-0.2, -0.15) is 0 Å². The third kappa shape index (κ3) is 3.04. The third-order valence-corrected chi connectivity index (χ3v) is 4.62. The van der Waals surface area contributed by atoms with Gasteiger partial charge >= 0.3 is 0 Å². The van der Waals surface area contributed by atoms with Crippen molar-refractivity contribution in [1.82, 2.24) is 0 Å². The summed E-state index contributed by atoms with van der Waals surface area (Å²) in [6, 6.07) is 8.95. The molecule has 1 aliphatic carbocycles. The van der Waals surface area contributed by atoms with Gasteiger partial charge in [0.25, 0.3) is 0 Å². The molecular formula is C18H26. The molecule has 18 heavy (non-hydrogen) atoms. The summed E-state index contributed by atoms with van der Waals surface area (Å²) in [5.74, 6) is 1.69. The van der Waals surface area contributed by atoms with Gasteiger partial charge in [0.2, 0.25) is 0 Å². The van der Waals surface area contributed by atoms with Crippen LogP contribution in [0.5, 0.6) is 0 Å². The Morgan fingerprint density at radius 2 is 1.89 bits per heavy atom. The molecule has 0 atom stereocenters. The van der Waals surface area contributed by atoms with Crippen molar-refractivity contribution < 1.29 is 0 Å². The molecule has 0 heterocycles. The van der Waals surface area contributed by atoms with Gasteiger partial charge in [-0.3, -0.25) is 0 Å². The van der Waals surface area contributed by atoms with Crippen LogP contribution in [0, 0.1) is 11.8 Å². The highest BCUT2D eigenvalue weighted by molar-refractivity contribution is 5.65. The lowest BCUT2D eigenvalue weighted by Crippen LogP contribution is -2.14. The van der Waals surface area contributed by atoms with E-state index < -0.39 is 0 Å². The lowest BCUT2D eigenvalue weighted by molar-refractivity contribution is 0.309. The van der Waals surface area contributed by atoms with E-state index in [0.717, 1.165) is 18.3 Å². The Morgan fingerprint density at radius 3 is 2.50 bits per heavy atom. The molecule has 0 N–H and O–H groups in total. The summed E-state index contributed by atoms with van der Waals surface area (Å²) < 4.78 is 0. The van der Waals surface area contributed by atoms with Crippen molar-refractivity contribution in [2.24, 2.45) is 11.8 Å². The average Bonchev–Trinajstić information content (AvgIpc) is 2.46. The Balaban J connectivity index is 2.03.